The predicted octanol–water partition coefficient (Wildman–Crippen LogP) is 1.26. The van der Waals surface area contributed by atoms with Gasteiger partial charge >= 0.3 is 0 Å². The Kier molecular flexibility index (Phi) is 3.81. The summed E-state index contributed by atoms with van der Waals surface area (Å²) in [4.78, 5) is 12.0. The third-order valence-electron chi connectivity index (χ3n) is 5.88. The van der Waals surface area contributed by atoms with Crippen LogP contribution in [0, 0.1) is 23.2 Å². The first kappa shape index (κ1) is 15.3. The summed E-state index contributed by atoms with van der Waals surface area (Å²) in [5, 5.41) is 3.04. The van der Waals surface area contributed by atoms with Gasteiger partial charge in [-0.05, 0) is 68.6 Å². The molecule has 1 amide bonds. The fourth-order valence-corrected chi connectivity index (χ4v) is 5.74. The Morgan fingerprint density at radius 1 is 1.14 bits per heavy atom. The zero-order valence-electron chi connectivity index (χ0n) is 12.9. The van der Waals surface area contributed by atoms with Gasteiger partial charge in [-0.25, -0.2) is 13.1 Å². The molecule has 5 nitrogen and oxygen atoms in total. The smallest absolute Gasteiger partial charge is 0.235 e. The molecule has 120 valence electrons. The third kappa shape index (κ3) is 3.26. The molecule has 0 heterocycles. The molecular formula is C15H26N2O3S. The highest BCUT2D eigenvalue weighted by Crippen LogP contribution is 2.61. The average Bonchev–Trinajstić information content (AvgIpc) is 2.34. The molecule has 4 saturated carbocycles. The minimum absolute atomic E-state index is 0.139. The van der Waals surface area contributed by atoms with Gasteiger partial charge in [0.25, 0.3) is 0 Å². The van der Waals surface area contributed by atoms with Crippen LogP contribution >= 0.6 is 0 Å². The van der Waals surface area contributed by atoms with Crippen LogP contribution in [0.5, 0.6) is 0 Å². The van der Waals surface area contributed by atoms with Gasteiger partial charge in [0.2, 0.25) is 15.9 Å². The number of carbonyl (C=O) groups excluding carboxylic acids is 1. The Balaban J connectivity index is 1.60. The van der Waals surface area contributed by atoms with E-state index in [1.165, 1.54) is 38.5 Å². The molecule has 0 aromatic rings. The molecule has 4 aliphatic carbocycles. The minimum atomic E-state index is -3.31. The second-order valence-electron chi connectivity index (χ2n) is 7.66. The molecule has 4 rings (SSSR count). The molecule has 2 N–H and O–H groups in total. The lowest BCUT2D eigenvalue weighted by Gasteiger charge is -2.59. The van der Waals surface area contributed by atoms with Gasteiger partial charge < -0.3 is 5.32 Å². The summed E-state index contributed by atoms with van der Waals surface area (Å²) in [6.07, 6.45) is 8.93. The van der Waals surface area contributed by atoms with Gasteiger partial charge in [-0.1, -0.05) is 0 Å². The van der Waals surface area contributed by atoms with Crippen LogP contribution in [0.3, 0.4) is 0 Å². The fraction of sp³-hybridized carbons (Fsp3) is 0.933. The second kappa shape index (κ2) is 5.23. The van der Waals surface area contributed by atoms with E-state index in [4.69, 9.17) is 0 Å². The van der Waals surface area contributed by atoms with Crippen LogP contribution in [0.2, 0.25) is 0 Å². The molecule has 21 heavy (non-hydrogen) atoms. The van der Waals surface area contributed by atoms with Crippen LogP contribution in [0.25, 0.3) is 0 Å². The van der Waals surface area contributed by atoms with Gasteiger partial charge in [-0.15, -0.1) is 0 Å². The van der Waals surface area contributed by atoms with Gasteiger partial charge in [0.15, 0.2) is 0 Å². The largest absolute Gasteiger partial charge is 0.352 e. The molecule has 1 atom stereocenters. The van der Waals surface area contributed by atoms with Crippen molar-refractivity contribution in [1.29, 1.82) is 0 Å². The van der Waals surface area contributed by atoms with E-state index in [0.717, 1.165) is 24.0 Å². The summed E-state index contributed by atoms with van der Waals surface area (Å²) >= 11 is 0. The highest BCUT2D eigenvalue weighted by Gasteiger charge is 2.53. The second-order valence-corrected chi connectivity index (χ2v) is 9.50. The maximum atomic E-state index is 12.0. The van der Waals surface area contributed by atoms with Crippen LogP contribution in [0.4, 0.5) is 0 Å². The normalized spacial score (nSPS) is 39.2. The Labute approximate surface area is 127 Å². The van der Waals surface area contributed by atoms with Crippen molar-refractivity contribution in [2.45, 2.75) is 51.5 Å². The third-order valence-corrected chi connectivity index (χ3v) is 6.55. The quantitative estimate of drug-likeness (QED) is 0.802. The summed E-state index contributed by atoms with van der Waals surface area (Å²) in [6, 6.07) is 0.139. The molecule has 0 spiro atoms. The van der Waals surface area contributed by atoms with Crippen LogP contribution in [-0.2, 0) is 14.8 Å². The SMILES string of the molecule is C[C@H](NC(=O)CNS(C)(=O)=O)C12CC3CC(CC(C3)C1)C2. The summed E-state index contributed by atoms with van der Waals surface area (Å²) in [5.74, 6) is 2.34. The first-order valence-corrected chi connectivity index (χ1v) is 9.89. The molecule has 0 radical (unpaired) electrons. The van der Waals surface area contributed by atoms with Crippen molar-refractivity contribution in [3.63, 3.8) is 0 Å². The molecule has 4 fully saturated rings. The van der Waals surface area contributed by atoms with E-state index in [9.17, 15) is 13.2 Å². The number of nitrogens with one attached hydrogen (secondary N) is 2. The minimum Gasteiger partial charge on any atom is -0.352 e. The van der Waals surface area contributed by atoms with Crippen molar-refractivity contribution in [3.8, 4) is 0 Å². The van der Waals surface area contributed by atoms with Gasteiger partial charge in [-0.2, -0.15) is 0 Å². The van der Waals surface area contributed by atoms with E-state index in [2.05, 4.69) is 17.0 Å². The number of hydrogen-bond donors (Lipinski definition) is 2. The van der Waals surface area contributed by atoms with E-state index >= 15 is 0 Å². The van der Waals surface area contributed by atoms with Crippen LogP contribution in [-0.4, -0.2) is 33.2 Å². The topological polar surface area (TPSA) is 75.3 Å². The van der Waals surface area contributed by atoms with Crippen molar-refractivity contribution in [3.05, 3.63) is 0 Å². The zero-order chi connectivity index (χ0) is 15.3. The van der Waals surface area contributed by atoms with Gasteiger partial charge in [0, 0.05) is 6.04 Å². The number of sulfonamides is 1. The highest BCUT2D eigenvalue weighted by atomic mass is 32.2. The maximum Gasteiger partial charge on any atom is 0.235 e. The van der Waals surface area contributed by atoms with Crippen molar-refractivity contribution >= 4 is 15.9 Å². The number of amides is 1. The van der Waals surface area contributed by atoms with Crippen molar-refractivity contribution in [2.24, 2.45) is 23.2 Å². The molecule has 0 saturated heterocycles. The monoisotopic (exact) mass is 314 g/mol. The zero-order valence-corrected chi connectivity index (χ0v) is 13.7. The lowest BCUT2D eigenvalue weighted by molar-refractivity contribution is -0.124. The first-order valence-electron chi connectivity index (χ1n) is 8.00. The Morgan fingerprint density at radius 3 is 2.05 bits per heavy atom. The molecule has 0 aromatic heterocycles. The van der Waals surface area contributed by atoms with Crippen molar-refractivity contribution < 1.29 is 13.2 Å². The Hall–Kier alpha value is -0.620. The predicted molar refractivity (Wildman–Crippen MR) is 81.1 cm³/mol. The molecule has 4 bridgehead atoms. The number of carbonyl (C=O) groups is 1. The summed E-state index contributed by atoms with van der Waals surface area (Å²) < 4.78 is 24.4. The van der Waals surface area contributed by atoms with E-state index in [-0.39, 0.29) is 23.9 Å². The van der Waals surface area contributed by atoms with Crippen LogP contribution < -0.4 is 10.0 Å². The van der Waals surface area contributed by atoms with E-state index in [1.807, 2.05) is 0 Å². The Morgan fingerprint density at radius 2 is 1.62 bits per heavy atom. The molecule has 0 unspecified atom stereocenters. The Bertz CT molecular complexity index is 494. The summed E-state index contributed by atoms with van der Waals surface area (Å²) in [5.41, 5.74) is 0.259. The fourth-order valence-electron chi connectivity index (χ4n) is 5.35. The molecule has 0 aromatic carbocycles. The van der Waals surface area contributed by atoms with Crippen molar-refractivity contribution in [2.75, 3.05) is 12.8 Å². The summed E-state index contributed by atoms with van der Waals surface area (Å²) in [7, 11) is -3.31. The molecule has 4 aliphatic rings. The van der Waals surface area contributed by atoms with Gasteiger partial charge in [0.05, 0.1) is 12.8 Å². The van der Waals surface area contributed by atoms with Crippen molar-refractivity contribution in [1.82, 2.24) is 10.0 Å². The van der Waals surface area contributed by atoms with E-state index in [0.29, 0.717) is 0 Å². The maximum absolute atomic E-state index is 12.0. The van der Waals surface area contributed by atoms with Gasteiger partial charge in [-0.3, -0.25) is 4.79 Å². The number of hydrogen-bond acceptors (Lipinski definition) is 3. The van der Waals surface area contributed by atoms with E-state index in [1.54, 1.807) is 0 Å². The van der Waals surface area contributed by atoms with E-state index < -0.39 is 10.0 Å². The lowest BCUT2D eigenvalue weighted by atomic mass is 9.48. The molecule has 6 heteroatoms. The average molecular weight is 314 g/mol. The highest BCUT2D eigenvalue weighted by molar-refractivity contribution is 7.88. The number of rotatable bonds is 5. The molecular weight excluding hydrogens is 288 g/mol. The standard InChI is InChI=1S/C15H26N2O3S/c1-10(17-14(18)9-16-21(2,19)20)15-6-11-3-12(7-15)5-13(4-11)8-15/h10-13,16H,3-9H2,1-2H3,(H,17,18)/t10-,11?,12?,13?,15?/m0/s1. The summed E-state index contributed by atoms with van der Waals surface area (Å²) in [6.45, 7) is 1.95. The lowest BCUT2D eigenvalue weighted by Crippen LogP contribution is -2.56. The van der Waals surface area contributed by atoms with Gasteiger partial charge in [0.1, 0.15) is 0 Å². The van der Waals surface area contributed by atoms with Crippen LogP contribution in [0.1, 0.15) is 45.4 Å². The van der Waals surface area contributed by atoms with Crippen LogP contribution in [0.15, 0.2) is 0 Å². The first-order chi connectivity index (χ1) is 9.76. The molecule has 0 aliphatic heterocycles.